The Morgan fingerprint density at radius 2 is 1.52 bits per heavy atom. The molecule has 0 fully saturated rings. The molecular formula is C26H26N2O3. The number of carbonyl (C=O) groups excluding carboxylic acids is 1. The first kappa shape index (κ1) is 19.6. The minimum Gasteiger partial charge on any atom is -0.504 e. The molecule has 0 bridgehead atoms. The maximum atomic E-state index is 13.7. The van der Waals surface area contributed by atoms with Crippen LogP contribution in [0.25, 0.3) is 0 Å². The van der Waals surface area contributed by atoms with E-state index in [1.54, 1.807) is 12.1 Å². The van der Waals surface area contributed by atoms with Crippen LogP contribution in [0.4, 0.5) is 0 Å². The van der Waals surface area contributed by atoms with Gasteiger partial charge < -0.3 is 15.1 Å². The first-order valence-electron chi connectivity index (χ1n) is 10.8. The lowest BCUT2D eigenvalue weighted by atomic mass is 9.91. The molecule has 3 aromatic rings. The molecule has 2 aliphatic heterocycles. The topological polar surface area (TPSA) is 64.0 Å². The molecule has 2 aliphatic rings. The Morgan fingerprint density at radius 1 is 0.839 bits per heavy atom. The number of phenolic OH excluding ortho intramolecular Hbond substituents is 2. The summed E-state index contributed by atoms with van der Waals surface area (Å²) in [4.78, 5) is 17.9. The summed E-state index contributed by atoms with van der Waals surface area (Å²) in [5, 5.41) is 19.6. The molecule has 0 aromatic heterocycles. The molecule has 1 atom stereocenters. The van der Waals surface area contributed by atoms with E-state index in [0.29, 0.717) is 26.1 Å². The summed E-state index contributed by atoms with van der Waals surface area (Å²) >= 11 is 0. The molecule has 5 nitrogen and oxygen atoms in total. The second-order valence-electron chi connectivity index (χ2n) is 8.50. The Labute approximate surface area is 182 Å². The predicted octanol–water partition coefficient (Wildman–Crippen LogP) is 3.61. The first-order valence-corrected chi connectivity index (χ1v) is 10.8. The molecule has 0 saturated heterocycles. The standard InChI is InChI=1S/C26H26N2O3/c29-24-10-9-18(13-25(24)30)15-28-17-22-8-4-2-6-20(22)14-23(28)26(31)27-12-11-19-5-1-3-7-21(19)16-27/h1-10,13,23,29-30H,11-12,14-17H2. The number of benzene rings is 3. The molecule has 0 aliphatic carbocycles. The van der Waals surface area contributed by atoms with Crippen LogP contribution < -0.4 is 0 Å². The quantitative estimate of drug-likeness (QED) is 0.643. The number of hydrogen-bond acceptors (Lipinski definition) is 4. The fourth-order valence-corrected chi connectivity index (χ4v) is 4.78. The van der Waals surface area contributed by atoms with Gasteiger partial charge in [0.25, 0.3) is 0 Å². The van der Waals surface area contributed by atoms with Crippen molar-refractivity contribution >= 4 is 5.91 Å². The van der Waals surface area contributed by atoms with Crippen molar-refractivity contribution in [2.45, 2.75) is 38.5 Å². The molecule has 0 spiro atoms. The molecule has 3 aromatic carbocycles. The van der Waals surface area contributed by atoms with Crippen LogP contribution in [0.5, 0.6) is 11.5 Å². The van der Waals surface area contributed by atoms with Crippen molar-refractivity contribution in [1.29, 1.82) is 0 Å². The zero-order chi connectivity index (χ0) is 21.4. The van der Waals surface area contributed by atoms with Crippen molar-refractivity contribution in [3.05, 3.63) is 94.5 Å². The van der Waals surface area contributed by atoms with Crippen molar-refractivity contribution < 1.29 is 15.0 Å². The van der Waals surface area contributed by atoms with Gasteiger partial charge >= 0.3 is 0 Å². The highest BCUT2D eigenvalue weighted by molar-refractivity contribution is 5.83. The highest BCUT2D eigenvalue weighted by Crippen LogP contribution is 2.30. The molecule has 1 amide bonds. The maximum absolute atomic E-state index is 13.7. The van der Waals surface area contributed by atoms with Crippen molar-refractivity contribution in [2.24, 2.45) is 0 Å². The summed E-state index contributed by atoms with van der Waals surface area (Å²) in [7, 11) is 0. The van der Waals surface area contributed by atoms with E-state index in [1.165, 1.54) is 28.3 Å². The number of carbonyl (C=O) groups is 1. The van der Waals surface area contributed by atoms with E-state index in [9.17, 15) is 15.0 Å². The van der Waals surface area contributed by atoms with Crippen molar-refractivity contribution in [3.8, 4) is 11.5 Å². The van der Waals surface area contributed by atoms with Gasteiger partial charge in [0.05, 0.1) is 6.04 Å². The van der Waals surface area contributed by atoms with E-state index in [1.807, 2.05) is 23.1 Å². The number of fused-ring (bicyclic) bond motifs is 2. The van der Waals surface area contributed by atoms with Crippen molar-refractivity contribution in [3.63, 3.8) is 0 Å². The minimum absolute atomic E-state index is 0.132. The van der Waals surface area contributed by atoms with Crippen LogP contribution in [0.2, 0.25) is 0 Å². The largest absolute Gasteiger partial charge is 0.504 e. The van der Waals surface area contributed by atoms with Crippen molar-refractivity contribution in [2.75, 3.05) is 6.54 Å². The van der Waals surface area contributed by atoms with Crippen LogP contribution in [0.15, 0.2) is 66.7 Å². The normalized spacial score (nSPS) is 18.3. The van der Waals surface area contributed by atoms with Gasteiger partial charge in [-0.3, -0.25) is 9.69 Å². The summed E-state index contributed by atoms with van der Waals surface area (Å²) in [6.45, 7) is 2.60. The smallest absolute Gasteiger partial charge is 0.240 e. The lowest BCUT2D eigenvalue weighted by Crippen LogP contribution is -2.52. The van der Waals surface area contributed by atoms with E-state index >= 15 is 0 Å². The summed E-state index contributed by atoms with van der Waals surface area (Å²) in [5.74, 6) is -0.107. The Bertz CT molecular complexity index is 1130. The second-order valence-corrected chi connectivity index (χ2v) is 8.50. The summed E-state index contributed by atoms with van der Waals surface area (Å²) in [6.07, 6.45) is 1.56. The van der Waals surface area contributed by atoms with Gasteiger partial charge in [0, 0.05) is 26.2 Å². The molecule has 0 radical (unpaired) electrons. The van der Waals surface area contributed by atoms with Gasteiger partial charge in [0.15, 0.2) is 11.5 Å². The third-order valence-corrected chi connectivity index (χ3v) is 6.50. The van der Waals surface area contributed by atoms with Crippen LogP contribution in [0, 0.1) is 0 Å². The molecule has 2 heterocycles. The molecule has 2 N–H and O–H groups in total. The maximum Gasteiger partial charge on any atom is 0.240 e. The number of aromatic hydroxyl groups is 2. The number of hydrogen-bond donors (Lipinski definition) is 2. The number of amides is 1. The monoisotopic (exact) mass is 414 g/mol. The lowest BCUT2D eigenvalue weighted by molar-refractivity contribution is -0.139. The molecule has 1 unspecified atom stereocenters. The average molecular weight is 415 g/mol. The van der Waals surface area contributed by atoms with E-state index in [4.69, 9.17) is 0 Å². The molecular weight excluding hydrogens is 388 g/mol. The molecule has 158 valence electrons. The second kappa shape index (κ2) is 8.08. The Balaban J connectivity index is 1.42. The number of nitrogens with zero attached hydrogens (tertiary/aromatic N) is 2. The van der Waals surface area contributed by atoms with Gasteiger partial charge in [-0.15, -0.1) is 0 Å². The van der Waals surface area contributed by atoms with Crippen LogP contribution in [-0.2, 0) is 37.3 Å². The third-order valence-electron chi connectivity index (χ3n) is 6.50. The molecule has 31 heavy (non-hydrogen) atoms. The fourth-order valence-electron chi connectivity index (χ4n) is 4.78. The molecule has 5 rings (SSSR count). The highest BCUT2D eigenvalue weighted by atomic mass is 16.3. The number of phenols is 2. The summed E-state index contributed by atoms with van der Waals surface area (Å²) in [6, 6.07) is 21.3. The minimum atomic E-state index is -0.254. The van der Waals surface area contributed by atoms with E-state index in [0.717, 1.165) is 18.5 Å². The van der Waals surface area contributed by atoms with Gasteiger partial charge in [0.2, 0.25) is 5.91 Å². The van der Waals surface area contributed by atoms with E-state index in [2.05, 4.69) is 35.2 Å². The van der Waals surface area contributed by atoms with Gasteiger partial charge in [-0.05, 0) is 52.8 Å². The third kappa shape index (κ3) is 3.89. The average Bonchev–Trinajstić information content (AvgIpc) is 2.80. The van der Waals surface area contributed by atoms with Gasteiger partial charge in [-0.1, -0.05) is 54.6 Å². The summed E-state index contributed by atoms with van der Waals surface area (Å²) in [5.41, 5.74) is 5.89. The Morgan fingerprint density at radius 3 is 2.26 bits per heavy atom. The van der Waals surface area contributed by atoms with E-state index < -0.39 is 0 Å². The predicted molar refractivity (Wildman–Crippen MR) is 119 cm³/mol. The fraction of sp³-hybridized carbons (Fsp3) is 0.269. The van der Waals surface area contributed by atoms with Crippen molar-refractivity contribution in [1.82, 2.24) is 9.80 Å². The zero-order valence-electron chi connectivity index (χ0n) is 17.4. The number of rotatable bonds is 3. The first-order chi connectivity index (χ1) is 15.1. The van der Waals surface area contributed by atoms with Crippen LogP contribution in [0.1, 0.15) is 27.8 Å². The van der Waals surface area contributed by atoms with Crippen LogP contribution >= 0.6 is 0 Å². The Kier molecular flexibility index (Phi) is 5.12. The Hall–Kier alpha value is -3.31. The van der Waals surface area contributed by atoms with Gasteiger partial charge in [0.1, 0.15) is 0 Å². The highest BCUT2D eigenvalue weighted by Gasteiger charge is 2.35. The van der Waals surface area contributed by atoms with Gasteiger partial charge in [-0.2, -0.15) is 0 Å². The van der Waals surface area contributed by atoms with E-state index in [-0.39, 0.29) is 23.4 Å². The zero-order valence-corrected chi connectivity index (χ0v) is 17.4. The SMILES string of the molecule is O=C(C1Cc2ccccc2CN1Cc1ccc(O)c(O)c1)N1CCc2ccccc2C1. The van der Waals surface area contributed by atoms with Crippen LogP contribution in [-0.4, -0.2) is 38.5 Å². The summed E-state index contributed by atoms with van der Waals surface area (Å²) < 4.78 is 0. The lowest BCUT2D eigenvalue weighted by Gasteiger charge is -2.40. The molecule has 0 saturated carbocycles. The molecule has 5 heteroatoms. The van der Waals surface area contributed by atoms with Gasteiger partial charge in [-0.25, -0.2) is 0 Å². The van der Waals surface area contributed by atoms with Crippen LogP contribution in [0.3, 0.4) is 0 Å².